The van der Waals surface area contributed by atoms with Gasteiger partial charge in [0.25, 0.3) is 0 Å². The predicted octanol–water partition coefficient (Wildman–Crippen LogP) is 2.97. The van der Waals surface area contributed by atoms with E-state index in [2.05, 4.69) is 20.4 Å². The smallest absolute Gasteiger partial charge is 0.0675 e. The van der Waals surface area contributed by atoms with Crippen molar-refractivity contribution in [3.63, 3.8) is 0 Å². The summed E-state index contributed by atoms with van der Waals surface area (Å²) in [4.78, 5) is 0. The van der Waals surface area contributed by atoms with Crippen molar-refractivity contribution in [3.8, 4) is 0 Å². The summed E-state index contributed by atoms with van der Waals surface area (Å²) in [5.41, 5.74) is 1.08. The molecule has 0 fully saturated rings. The Hall–Kier alpha value is -0.300. The standard InChI is InChI=1S/C10H19O/c1-5-7-10(6-2)11-8-9(3)4/h10H,2-3,5-8H2,1,4H3. The van der Waals surface area contributed by atoms with Gasteiger partial charge in [0.1, 0.15) is 0 Å². The largest absolute Gasteiger partial charge is 0.374 e. The topological polar surface area (TPSA) is 9.23 Å². The molecule has 0 aromatic heterocycles. The van der Waals surface area contributed by atoms with Gasteiger partial charge in [-0.05, 0) is 19.8 Å². The molecule has 0 heterocycles. The quantitative estimate of drug-likeness (QED) is 0.536. The lowest BCUT2D eigenvalue weighted by Crippen LogP contribution is -2.12. The molecular weight excluding hydrogens is 136 g/mol. The fourth-order valence-electron chi connectivity index (χ4n) is 0.893. The van der Waals surface area contributed by atoms with Crippen LogP contribution in [-0.4, -0.2) is 12.7 Å². The third-order valence-electron chi connectivity index (χ3n) is 1.50. The summed E-state index contributed by atoms with van der Waals surface area (Å²) >= 11 is 0. The fraction of sp³-hybridized carbons (Fsp3) is 0.700. The van der Waals surface area contributed by atoms with E-state index >= 15 is 0 Å². The van der Waals surface area contributed by atoms with Crippen LogP contribution in [0.3, 0.4) is 0 Å². The van der Waals surface area contributed by atoms with Gasteiger partial charge in [-0.15, -0.1) is 0 Å². The zero-order valence-corrected chi connectivity index (χ0v) is 7.73. The van der Waals surface area contributed by atoms with Gasteiger partial charge in [0.05, 0.1) is 12.7 Å². The highest BCUT2D eigenvalue weighted by atomic mass is 16.5. The Morgan fingerprint density at radius 2 is 2.18 bits per heavy atom. The Morgan fingerprint density at radius 1 is 1.55 bits per heavy atom. The third-order valence-corrected chi connectivity index (χ3v) is 1.50. The Kier molecular flexibility index (Phi) is 6.24. The van der Waals surface area contributed by atoms with Crippen molar-refractivity contribution in [2.45, 2.75) is 39.2 Å². The van der Waals surface area contributed by atoms with Gasteiger partial charge in [-0.3, -0.25) is 0 Å². The van der Waals surface area contributed by atoms with Crippen molar-refractivity contribution in [2.24, 2.45) is 0 Å². The molecule has 1 unspecified atom stereocenters. The summed E-state index contributed by atoms with van der Waals surface area (Å²) in [7, 11) is 0. The third kappa shape index (κ3) is 6.11. The van der Waals surface area contributed by atoms with Gasteiger partial charge in [0.2, 0.25) is 0 Å². The van der Waals surface area contributed by atoms with Crippen molar-refractivity contribution in [3.05, 3.63) is 19.1 Å². The monoisotopic (exact) mass is 155 g/mol. The zero-order valence-electron chi connectivity index (χ0n) is 7.73. The number of rotatable bonds is 6. The minimum Gasteiger partial charge on any atom is -0.374 e. The van der Waals surface area contributed by atoms with E-state index in [1.807, 2.05) is 6.92 Å². The molecule has 0 aliphatic carbocycles. The molecule has 0 aliphatic heterocycles. The number of hydrogen-bond acceptors (Lipinski definition) is 1. The maximum absolute atomic E-state index is 5.53. The van der Waals surface area contributed by atoms with Crippen LogP contribution in [-0.2, 0) is 4.74 Å². The molecule has 1 heteroatoms. The second-order valence-corrected chi connectivity index (χ2v) is 2.97. The molecule has 0 aliphatic rings. The lowest BCUT2D eigenvalue weighted by atomic mass is 10.1. The van der Waals surface area contributed by atoms with Crippen LogP contribution in [0.25, 0.3) is 0 Å². The van der Waals surface area contributed by atoms with E-state index in [1.54, 1.807) is 0 Å². The highest BCUT2D eigenvalue weighted by Gasteiger charge is 2.03. The summed E-state index contributed by atoms with van der Waals surface area (Å²) < 4.78 is 5.53. The van der Waals surface area contributed by atoms with Gasteiger partial charge in [-0.2, -0.15) is 0 Å². The average molecular weight is 155 g/mol. The molecular formula is C10H19O. The SMILES string of the molecule is [CH2]CC(CCC)OCC(=C)C. The minimum absolute atomic E-state index is 0.330. The first kappa shape index (κ1) is 10.7. The fourth-order valence-corrected chi connectivity index (χ4v) is 0.893. The highest BCUT2D eigenvalue weighted by Crippen LogP contribution is 2.06. The second kappa shape index (κ2) is 6.41. The van der Waals surface area contributed by atoms with Gasteiger partial charge in [-0.25, -0.2) is 0 Å². The lowest BCUT2D eigenvalue weighted by molar-refractivity contribution is 0.0648. The molecule has 0 aromatic carbocycles. The lowest BCUT2D eigenvalue weighted by Gasteiger charge is -2.14. The molecule has 0 rings (SSSR count). The first-order valence-corrected chi connectivity index (χ1v) is 4.26. The van der Waals surface area contributed by atoms with E-state index in [0.717, 1.165) is 24.8 Å². The van der Waals surface area contributed by atoms with E-state index in [-0.39, 0.29) is 0 Å². The van der Waals surface area contributed by atoms with Gasteiger partial charge in [-0.1, -0.05) is 32.4 Å². The van der Waals surface area contributed by atoms with E-state index in [4.69, 9.17) is 4.74 Å². The minimum atomic E-state index is 0.330. The number of ether oxygens (including phenoxy) is 1. The molecule has 11 heavy (non-hydrogen) atoms. The molecule has 0 bridgehead atoms. The van der Waals surface area contributed by atoms with Crippen LogP contribution in [0.5, 0.6) is 0 Å². The molecule has 1 radical (unpaired) electrons. The number of hydrogen-bond donors (Lipinski definition) is 0. The highest BCUT2D eigenvalue weighted by molar-refractivity contribution is 4.87. The van der Waals surface area contributed by atoms with E-state index in [1.165, 1.54) is 0 Å². The van der Waals surface area contributed by atoms with Crippen LogP contribution in [0.1, 0.15) is 33.1 Å². The second-order valence-electron chi connectivity index (χ2n) is 2.97. The molecule has 0 N–H and O–H groups in total. The maximum Gasteiger partial charge on any atom is 0.0675 e. The molecule has 0 amide bonds. The first-order chi connectivity index (χ1) is 5.20. The summed E-state index contributed by atoms with van der Waals surface area (Å²) in [5.74, 6) is 0. The van der Waals surface area contributed by atoms with Gasteiger partial charge in [0.15, 0.2) is 0 Å². The van der Waals surface area contributed by atoms with Crippen LogP contribution in [0.15, 0.2) is 12.2 Å². The summed E-state index contributed by atoms with van der Waals surface area (Å²) in [6.07, 6.45) is 3.46. The van der Waals surface area contributed by atoms with Crippen molar-refractivity contribution in [2.75, 3.05) is 6.61 Å². The van der Waals surface area contributed by atoms with Crippen molar-refractivity contribution >= 4 is 0 Å². The van der Waals surface area contributed by atoms with Crippen molar-refractivity contribution < 1.29 is 4.74 Å². The van der Waals surface area contributed by atoms with Crippen LogP contribution in [0.2, 0.25) is 0 Å². The van der Waals surface area contributed by atoms with Gasteiger partial charge >= 0.3 is 0 Å². The summed E-state index contributed by atoms with van der Waals surface area (Å²) in [5, 5.41) is 0. The first-order valence-electron chi connectivity index (χ1n) is 4.26. The predicted molar refractivity (Wildman–Crippen MR) is 49.4 cm³/mol. The molecule has 1 nitrogen and oxygen atoms in total. The molecule has 0 spiro atoms. The Bertz CT molecular complexity index is 107. The normalized spacial score (nSPS) is 13.0. The van der Waals surface area contributed by atoms with E-state index in [9.17, 15) is 0 Å². The van der Waals surface area contributed by atoms with Crippen LogP contribution >= 0.6 is 0 Å². The Balaban J connectivity index is 3.43. The summed E-state index contributed by atoms with van der Waals surface area (Å²) in [6, 6.07) is 0. The van der Waals surface area contributed by atoms with Crippen molar-refractivity contribution in [1.29, 1.82) is 0 Å². The summed E-state index contributed by atoms with van der Waals surface area (Å²) in [6.45, 7) is 12.4. The van der Waals surface area contributed by atoms with Crippen LogP contribution in [0.4, 0.5) is 0 Å². The van der Waals surface area contributed by atoms with Gasteiger partial charge < -0.3 is 4.74 Å². The van der Waals surface area contributed by atoms with Crippen molar-refractivity contribution in [1.82, 2.24) is 0 Å². The molecule has 0 saturated carbocycles. The van der Waals surface area contributed by atoms with Crippen LogP contribution < -0.4 is 0 Å². The van der Waals surface area contributed by atoms with E-state index in [0.29, 0.717) is 12.7 Å². The van der Waals surface area contributed by atoms with Gasteiger partial charge in [0, 0.05) is 0 Å². The zero-order chi connectivity index (χ0) is 8.69. The van der Waals surface area contributed by atoms with Crippen LogP contribution in [0, 0.1) is 6.92 Å². The average Bonchev–Trinajstić information content (AvgIpc) is 1.97. The molecule has 0 aromatic rings. The molecule has 65 valence electrons. The maximum atomic E-state index is 5.53. The molecule has 0 saturated heterocycles. The Morgan fingerprint density at radius 3 is 2.55 bits per heavy atom. The Labute approximate surface area is 70.4 Å². The molecule has 1 atom stereocenters. The van der Waals surface area contributed by atoms with E-state index < -0.39 is 0 Å².